The second-order valence-corrected chi connectivity index (χ2v) is 6.01. The molecule has 1 aromatic rings. The molecule has 1 fully saturated rings. The Morgan fingerprint density at radius 1 is 1.44 bits per heavy atom. The number of benzene rings is 1. The Morgan fingerprint density at radius 2 is 2.06 bits per heavy atom. The molecule has 1 aromatic carbocycles. The van der Waals surface area contributed by atoms with Gasteiger partial charge in [0, 0.05) is 10.6 Å². The van der Waals surface area contributed by atoms with E-state index in [0.717, 1.165) is 12.8 Å². The van der Waals surface area contributed by atoms with Crippen molar-refractivity contribution in [1.29, 1.82) is 0 Å². The Labute approximate surface area is 113 Å². The highest BCUT2D eigenvalue weighted by Crippen LogP contribution is 2.42. The maximum absolute atomic E-state index is 11.8. The third-order valence-electron chi connectivity index (χ3n) is 3.65. The van der Waals surface area contributed by atoms with Crippen molar-refractivity contribution >= 4 is 17.7 Å². The number of hydrogen-bond donors (Lipinski definition) is 2. The smallest absolute Gasteiger partial charge is 0.238 e. The summed E-state index contributed by atoms with van der Waals surface area (Å²) in [5, 5.41) is 3.16. The minimum atomic E-state index is -0.546. The molecular formula is C14H20N2OS. The van der Waals surface area contributed by atoms with Crippen LogP contribution in [0.2, 0.25) is 0 Å². The molecule has 0 aliphatic heterocycles. The number of carbonyl (C=O) groups is 1. The summed E-state index contributed by atoms with van der Waals surface area (Å²) in [6.07, 6.45) is 2.19. The summed E-state index contributed by atoms with van der Waals surface area (Å²) in [6, 6.07) is 8.36. The highest BCUT2D eigenvalue weighted by atomic mass is 32.2. The first kappa shape index (κ1) is 13.4. The molecule has 18 heavy (non-hydrogen) atoms. The van der Waals surface area contributed by atoms with Gasteiger partial charge in [-0.2, -0.15) is 0 Å². The highest BCUT2D eigenvalue weighted by molar-refractivity contribution is 7.99. The quantitative estimate of drug-likeness (QED) is 0.772. The molecule has 1 saturated carbocycles. The molecule has 1 atom stereocenters. The summed E-state index contributed by atoms with van der Waals surface area (Å²) < 4.78 is 0. The van der Waals surface area contributed by atoms with Crippen LogP contribution < -0.4 is 11.1 Å². The van der Waals surface area contributed by atoms with E-state index in [2.05, 4.69) is 36.5 Å². The van der Waals surface area contributed by atoms with E-state index in [4.69, 9.17) is 5.73 Å². The van der Waals surface area contributed by atoms with E-state index in [9.17, 15) is 4.79 Å². The molecule has 0 bridgehead atoms. The number of primary amides is 1. The Morgan fingerprint density at radius 3 is 2.50 bits per heavy atom. The van der Waals surface area contributed by atoms with Gasteiger partial charge >= 0.3 is 0 Å². The van der Waals surface area contributed by atoms with Gasteiger partial charge in [-0.05, 0) is 44.9 Å². The molecule has 0 saturated heterocycles. The summed E-state index contributed by atoms with van der Waals surface area (Å²) in [4.78, 5) is 12.9. The minimum Gasteiger partial charge on any atom is -0.368 e. The zero-order valence-corrected chi connectivity index (χ0v) is 11.7. The average molecular weight is 264 g/mol. The van der Waals surface area contributed by atoms with Crippen LogP contribution in [0.4, 0.5) is 0 Å². The first-order valence-corrected chi connectivity index (χ1v) is 7.25. The number of amides is 1. The van der Waals surface area contributed by atoms with Crippen molar-refractivity contribution in [3.63, 3.8) is 0 Å². The maximum Gasteiger partial charge on any atom is 0.238 e. The fourth-order valence-electron chi connectivity index (χ4n) is 2.20. The number of aryl methyl sites for hydroxylation is 1. The molecule has 1 unspecified atom stereocenters. The molecule has 3 N–H and O–H groups in total. The molecular weight excluding hydrogens is 244 g/mol. The molecule has 4 heteroatoms. The number of thioether (sulfide) groups is 1. The first-order chi connectivity index (χ1) is 8.58. The van der Waals surface area contributed by atoms with E-state index in [-0.39, 0.29) is 5.91 Å². The van der Waals surface area contributed by atoms with Crippen LogP contribution in [0.25, 0.3) is 0 Å². The monoisotopic (exact) mass is 264 g/mol. The van der Waals surface area contributed by atoms with E-state index in [0.29, 0.717) is 11.7 Å². The van der Waals surface area contributed by atoms with Crippen LogP contribution >= 0.6 is 11.8 Å². The van der Waals surface area contributed by atoms with E-state index in [1.807, 2.05) is 7.05 Å². The lowest BCUT2D eigenvalue weighted by Crippen LogP contribution is -2.57. The van der Waals surface area contributed by atoms with Gasteiger partial charge in [0.1, 0.15) is 5.54 Å². The third-order valence-corrected chi connectivity index (χ3v) is 4.85. The van der Waals surface area contributed by atoms with Crippen LogP contribution in [0, 0.1) is 12.8 Å². The normalized spacial score (nSPS) is 18.3. The first-order valence-electron chi connectivity index (χ1n) is 6.27. The molecule has 1 amide bonds. The van der Waals surface area contributed by atoms with Crippen LogP contribution in [0.5, 0.6) is 0 Å². The van der Waals surface area contributed by atoms with Gasteiger partial charge in [0.2, 0.25) is 5.91 Å². The van der Waals surface area contributed by atoms with Crippen LogP contribution in [0.1, 0.15) is 18.4 Å². The zero-order chi connectivity index (χ0) is 13.2. The molecule has 3 nitrogen and oxygen atoms in total. The van der Waals surface area contributed by atoms with Crippen molar-refractivity contribution in [2.75, 3.05) is 12.8 Å². The number of carbonyl (C=O) groups excluding carboxylic acids is 1. The molecule has 2 rings (SSSR count). The van der Waals surface area contributed by atoms with Gasteiger partial charge in [-0.25, -0.2) is 0 Å². The Kier molecular flexibility index (Phi) is 3.97. The zero-order valence-electron chi connectivity index (χ0n) is 10.9. The number of rotatable bonds is 6. The van der Waals surface area contributed by atoms with Gasteiger partial charge in [-0.1, -0.05) is 17.7 Å². The summed E-state index contributed by atoms with van der Waals surface area (Å²) >= 11 is 1.69. The lowest BCUT2D eigenvalue weighted by atomic mass is 9.95. The van der Waals surface area contributed by atoms with Gasteiger partial charge in [-0.15, -0.1) is 11.8 Å². The highest BCUT2D eigenvalue weighted by Gasteiger charge is 2.48. The number of nitrogens with two attached hydrogens (primary N) is 1. The van der Waals surface area contributed by atoms with E-state index < -0.39 is 5.54 Å². The van der Waals surface area contributed by atoms with E-state index in [1.165, 1.54) is 10.5 Å². The summed E-state index contributed by atoms with van der Waals surface area (Å²) in [5.74, 6) is 0.872. The van der Waals surface area contributed by atoms with Crippen LogP contribution in [-0.2, 0) is 4.79 Å². The van der Waals surface area contributed by atoms with Crippen LogP contribution in [0.3, 0.4) is 0 Å². The topological polar surface area (TPSA) is 55.1 Å². The van der Waals surface area contributed by atoms with Crippen molar-refractivity contribution in [3.05, 3.63) is 29.8 Å². The number of nitrogens with one attached hydrogen (secondary N) is 1. The van der Waals surface area contributed by atoms with Crippen molar-refractivity contribution in [3.8, 4) is 0 Å². The largest absolute Gasteiger partial charge is 0.368 e. The SMILES string of the molecule is CNC(CSc1ccc(C)cc1)(C(N)=O)C1CC1. The standard InChI is InChI=1S/C14H20N2OS/c1-10-3-7-12(8-4-10)18-9-14(16-2,13(15)17)11-5-6-11/h3-4,7-8,11,16H,5-6,9H2,1-2H3,(H2,15,17). The van der Waals surface area contributed by atoms with Gasteiger partial charge in [-0.3, -0.25) is 4.79 Å². The molecule has 0 aromatic heterocycles. The summed E-state index contributed by atoms with van der Waals surface area (Å²) in [5.41, 5.74) is 6.30. The van der Waals surface area contributed by atoms with Gasteiger partial charge in [0.15, 0.2) is 0 Å². The van der Waals surface area contributed by atoms with Crippen molar-refractivity contribution in [2.24, 2.45) is 11.7 Å². The lowest BCUT2D eigenvalue weighted by molar-refractivity contribution is -0.124. The Bertz CT molecular complexity index is 428. The molecule has 98 valence electrons. The summed E-state index contributed by atoms with van der Waals surface area (Å²) in [6.45, 7) is 2.07. The fourth-order valence-corrected chi connectivity index (χ4v) is 3.44. The molecule has 1 aliphatic carbocycles. The van der Waals surface area contributed by atoms with Gasteiger partial charge in [0.05, 0.1) is 0 Å². The van der Waals surface area contributed by atoms with Gasteiger partial charge in [0.25, 0.3) is 0 Å². The number of hydrogen-bond acceptors (Lipinski definition) is 3. The lowest BCUT2D eigenvalue weighted by Gasteiger charge is -2.30. The van der Waals surface area contributed by atoms with E-state index in [1.54, 1.807) is 11.8 Å². The molecule has 0 heterocycles. The maximum atomic E-state index is 11.8. The van der Waals surface area contributed by atoms with Crippen molar-refractivity contribution in [1.82, 2.24) is 5.32 Å². The second-order valence-electron chi connectivity index (χ2n) is 4.96. The Hall–Kier alpha value is -1.00. The third kappa shape index (κ3) is 2.70. The Balaban J connectivity index is 2.06. The van der Waals surface area contributed by atoms with Crippen molar-refractivity contribution in [2.45, 2.75) is 30.2 Å². The molecule has 0 spiro atoms. The average Bonchev–Trinajstić information content (AvgIpc) is 3.17. The van der Waals surface area contributed by atoms with E-state index >= 15 is 0 Å². The predicted molar refractivity (Wildman–Crippen MR) is 75.6 cm³/mol. The van der Waals surface area contributed by atoms with Crippen molar-refractivity contribution < 1.29 is 4.79 Å². The summed E-state index contributed by atoms with van der Waals surface area (Å²) in [7, 11) is 1.83. The number of likely N-dealkylation sites (N-methyl/N-ethyl adjacent to an activating group) is 1. The van der Waals surface area contributed by atoms with Crippen LogP contribution in [-0.4, -0.2) is 24.2 Å². The minimum absolute atomic E-state index is 0.230. The predicted octanol–water partition coefficient (Wildman–Crippen LogP) is 1.94. The fraction of sp³-hybridized carbons (Fsp3) is 0.500. The van der Waals surface area contributed by atoms with Gasteiger partial charge < -0.3 is 11.1 Å². The molecule has 0 radical (unpaired) electrons. The van der Waals surface area contributed by atoms with Crippen LogP contribution in [0.15, 0.2) is 29.2 Å². The second kappa shape index (κ2) is 5.33. The molecule has 1 aliphatic rings.